The third-order valence-corrected chi connectivity index (χ3v) is 8.34. The van der Waals surface area contributed by atoms with Gasteiger partial charge in [-0.15, -0.1) is 0 Å². The number of para-hydroxylation sites is 2. The van der Waals surface area contributed by atoms with Crippen molar-refractivity contribution < 1.29 is 14.7 Å². The van der Waals surface area contributed by atoms with E-state index in [4.69, 9.17) is 5.11 Å². The van der Waals surface area contributed by atoms with Crippen LogP contribution in [0.2, 0.25) is 0 Å². The van der Waals surface area contributed by atoms with Crippen LogP contribution in [0.25, 0.3) is 11.0 Å². The smallest absolute Gasteiger partial charge is 0.323 e. The number of piperidine rings is 1. The molecule has 3 aliphatic rings. The Labute approximate surface area is 205 Å². The molecule has 1 aliphatic carbocycles. The molecule has 2 bridgehead atoms. The van der Waals surface area contributed by atoms with Gasteiger partial charge in [0.2, 0.25) is 0 Å². The van der Waals surface area contributed by atoms with Crippen LogP contribution in [0, 0.1) is 0 Å². The van der Waals surface area contributed by atoms with Gasteiger partial charge in [0.05, 0.1) is 11.0 Å². The average molecular weight is 481 g/mol. The van der Waals surface area contributed by atoms with E-state index in [-0.39, 0.29) is 11.7 Å². The van der Waals surface area contributed by atoms with E-state index in [1.807, 2.05) is 24.3 Å². The summed E-state index contributed by atoms with van der Waals surface area (Å²) in [6.45, 7) is -0.475. The maximum absolute atomic E-state index is 13.7. The van der Waals surface area contributed by atoms with Crippen molar-refractivity contribution in [2.45, 2.75) is 94.8 Å². The first-order valence-corrected chi connectivity index (χ1v) is 13.2. The Balaban J connectivity index is 1.47. The second kappa shape index (κ2) is 10.1. The zero-order valence-electron chi connectivity index (χ0n) is 20.6. The summed E-state index contributed by atoms with van der Waals surface area (Å²) in [5.41, 5.74) is 0.740. The first-order chi connectivity index (χ1) is 16.9. The van der Waals surface area contributed by atoms with E-state index in [0.29, 0.717) is 23.6 Å². The molecule has 2 aromatic rings. The van der Waals surface area contributed by atoms with Crippen LogP contribution in [0.4, 0.5) is 0 Å². The van der Waals surface area contributed by atoms with E-state index in [0.717, 1.165) is 23.3 Å². The molecular weight excluding hydrogens is 444 g/mol. The van der Waals surface area contributed by atoms with E-state index >= 15 is 0 Å². The number of rotatable bonds is 5. The summed E-state index contributed by atoms with van der Waals surface area (Å²) in [6.07, 6.45) is 13.4. The van der Waals surface area contributed by atoms with Gasteiger partial charge in [-0.3, -0.25) is 19.3 Å². The Kier molecular flexibility index (Phi) is 6.91. The lowest BCUT2D eigenvalue weighted by Crippen LogP contribution is -2.50. The molecule has 35 heavy (non-hydrogen) atoms. The number of hydrogen-bond acceptors (Lipinski definition) is 5. The van der Waals surface area contributed by atoms with Crippen molar-refractivity contribution in [1.82, 2.24) is 19.4 Å². The minimum atomic E-state index is -1.12. The summed E-state index contributed by atoms with van der Waals surface area (Å²) in [7, 11) is 1.39. The second-order valence-corrected chi connectivity index (χ2v) is 10.6. The molecule has 2 aliphatic heterocycles. The molecule has 2 unspecified atom stereocenters. The molecule has 188 valence electrons. The molecule has 1 amide bonds. The van der Waals surface area contributed by atoms with Gasteiger partial charge >= 0.3 is 5.97 Å². The number of carboxylic acids is 1. The zero-order chi connectivity index (χ0) is 24.5. The molecule has 2 saturated heterocycles. The average Bonchev–Trinajstić information content (AvgIpc) is 3.06. The summed E-state index contributed by atoms with van der Waals surface area (Å²) in [6, 6.07) is 9.07. The van der Waals surface area contributed by atoms with E-state index < -0.39 is 24.0 Å². The Morgan fingerprint density at radius 2 is 1.57 bits per heavy atom. The first-order valence-electron chi connectivity index (χ1n) is 13.2. The van der Waals surface area contributed by atoms with Crippen LogP contribution >= 0.6 is 0 Å². The molecule has 8 heteroatoms. The number of carbonyl (C=O) groups is 2. The van der Waals surface area contributed by atoms with Crippen molar-refractivity contribution in [1.29, 1.82) is 0 Å². The summed E-state index contributed by atoms with van der Waals surface area (Å²) >= 11 is 0. The Bertz CT molecular complexity index is 1140. The number of likely N-dealkylation sites (N-methyl/N-ethyl adjacent to an activating group) is 1. The number of hydrogen-bond donors (Lipinski definition) is 1. The van der Waals surface area contributed by atoms with Crippen molar-refractivity contribution in [3.8, 4) is 0 Å². The molecule has 3 heterocycles. The highest BCUT2D eigenvalue weighted by atomic mass is 16.4. The molecule has 1 aromatic carbocycles. The molecule has 1 saturated carbocycles. The molecule has 0 radical (unpaired) electrons. The fraction of sp³-hybridized carbons (Fsp3) is 0.630. The molecule has 8 nitrogen and oxygen atoms in total. The summed E-state index contributed by atoms with van der Waals surface area (Å²) in [5.74, 6) is -1.77. The second-order valence-electron chi connectivity index (χ2n) is 10.6. The van der Waals surface area contributed by atoms with Gasteiger partial charge in [-0.1, -0.05) is 44.2 Å². The van der Waals surface area contributed by atoms with Crippen LogP contribution in [0.5, 0.6) is 0 Å². The third-order valence-electron chi connectivity index (χ3n) is 8.34. The lowest BCUT2D eigenvalue weighted by Gasteiger charge is -2.45. The van der Waals surface area contributed by atoms with Crippen molar-refractivity contribution in [3.05, 3.63) is 40.3 Å². The number of carbonyl (C=O) groups excluding carboxylic acids is 1. The topological polar surface area (TPSA) is 95.7 Å². The maximum Gasteiger partial charge on any atom is 0.323 e. The highest BCUT2D eigenvalue weighted by Crippen LogP contribution is 2.44. The van der Waals surface area contributed by atoms with Gasteiger partial charge in [0.1, 0.15) is 6.54 Å². The van der Waals surface area contributed by atoms with Crippen LogP contribution in [0.15, 0.2) is 29.1 Å². The van der Waals surface area contributed by atoms with Gasteiger partial charge in [0, 0.05) is 31.2 Å². The number of aromatic nitrogens is 2. The van der Waals surface area contributed by atoms with Crippen molar-refractivity contribution in [3.63, 3.8) is 0 Å². The minimum absolute atomic E-state index is 0.00837. The molecule has 3 fully saturated rings. The highest BCUT2D eigenvalue weighted by Gasteiger charge is 2.44. The Morgan fingerprint density at radius 3 is 2.23 bits per heavy atom. The lowest BCUT2D eigenvalue weighted by molar-refractivity contribution is -0.137. The van der Waals surface area contributed by atoms with Crippen LogP contribution in [-0.4, -0.2) is 68.1 Å². The number of fused-ring (bicyclic) bond motifs is 3. The van der Waals surface area contributed by atoms with Crippen molar-refractivity contribution in [2.24, 2.45) is 0 Å². The predicted molar refractivity (Wildman–Crippen MR) is 134 cm³/mol. The van der Waals surface area contributed by atoms with Crippen LogP contribution in [-0.2, 0) is 4.79 Å². The molecule has 0 spiro atoms. The number of benzene rings is 1. The van der Waals surface area contributed by atoms with Crippen LogP contribution < -0.4 is 5.56 Å². The van der Waals surface area contributed by atoms with Gasteiger partial charge in [0.25, 0.3) is 11.5 Å². The number of aliphatic carboxylic acids is 1. The zero-order valence-corrected chi connectivity index (χ0v) is 20.6. The van der Waals surface area contributed by atoms with Crippen LogP contribution in [0.1, 0.15) is 87.2 Å². The lowest BCUT2D eigenvalue weighted by atomic mass is 9.89. The molecule has 2 atom stereocenters. The van der Waals surface area contributed by atoms with Crippen molar-refractivity contribution in [2.75, 3.05) is 13.6 Å². The van der Waals surface area contributed by atoms with Gasteiger partial charge in [0.15, 0.2) is 5.69 Å². The van der Waals surface area contributed by atoms with Gasteiger partial charge in [-0.05, 0) is 50.7 Å². The van der Waals surface area contributed by atoms with E-state index in [1.54, 1.807) is 4.57 Å². The normalized spacial score (nSPS) is 25.8. The maximum atomic E-state index is 13.7. The minimum Gasteiger partial charge on any atom is -0.480 e. The fourth-order valence-corrected chi connectivity index (χ4v) is 6.84. The molecule has 5 rings (SSSR count). The summed E-state index contributed by atoms with van der Waals surface area (Å²) in [5, 5.41) is 9.11. The highest BCUT2D eigenvalue weighted by molar-refractivity contribution is 5.95. The fourth-order valence-electron chi connectivity index (χ4n) is 6.84. The number of nitrogens with zero attached hydrogens (tertiary/aromatic N) is 4. The Morgan fingerprint density at radius 1 is 0.943 bits per heavy atom. The summed E-state index contributed by atoms with van der Waals surface area (Å²) in [4.78, 5) is 46.1. The Hall–Kier alpha value is -2.74. The van der Waals surface area contributed by atoms with E-state index in [1.165, 1.54) is 64.8 Å². The number of carboxylic acid groups (broad SMARTS) is 1. The van der Waals surface area contributed by atoms with E-state index in [2.05, 4.69) is 9.88 Å². The third kappa shape index (κ3) is 4.73. The molecule has 1 aromatic heterocycles. The molecule has 1 N–H and O–H groups in total. The predicted octanol–water partition coefficient (Wildman–Crippen LogP) is 3.83. The van der Waals surface area contributed by atoms with E-state index in [9.17, 15) is 14.4 Å². The molecular formula is C27H36N4O4. The standard InChI is InChI=1S/C27H36N4O4/c1-29(17-24(32)33)26(34)25-27(35)31(23-12-8-7-11-22(23)28-25)21-15-19-13-14-20(16-21)30(19)18-9-5-3-2-4-6-10-18/h7-8,11-12,18-21H,2-6,9-10,13-17H2,1H3,(H,32,33). The van der Waals surface area contributed by atoms with Gasteiger partial charge in [-0.25, -0.2) is 4.98 Å². The number of amides is 1. The van der Waals surface area contributed by atoms with Gasteiger partial charge < -0.3 is 14.6 Å². The van der Waals surface area contributed by atoms with Crippen molar-refractivity contribution >= 4 is 22.9 Å². The van der Waals surface area contributed by atoms with Gasteiger partial charge in [-0.2, -0.15) is 0 Å². The van der Waals surface area contributed by atoms with Crippen LogP contribution in [0.3, 0.4) is 0 Å². The monoisotopic (exact) mass is 480 g/mol. The first kappa shape index (κ1) is 24.0. The SMILES string of the molecule is CN(CC(=O)O)C(=O)c1nc2ccccc2n(C2CC3CCC(C2)N3C2CCCCCCC2)c1=O. The summed E-state index contributed by atoms with van der Waals surface area (Å²) < 4.78 is 1.80. The quantitative estimate of drug-likeness (QED) is 0.699. The largest absolute Gasteiger partial charge is 0.480 e.